The second kappa shape index (κ2) is 7.36. The van der Waals surface area contributed by atoms with E-state index in [-0.39, 0.29) is 22.5 Å². The van der Waals surface area contributed by atoms with Crippen molar-refractivity contribution in [2.75, 3.05) is 6.61 Å². The van der Waals surface area contributed by atoms with E-state index in [2.05, 4.69) is 15.5 Å². The maximum absolute atomic E-state index is 12.1. The summed E-state index contributed by atoms with van der Waals surface area (Å²) >= 11 is 11.5. The minimum Gasteiger partial charge on any atom is -0.394 e. The molecule has 21 heavy (non-hydrogen) atoms. The predicted octanol–water partition coefficient (Wildman–Crippen LogP) is 2.12. The number of hydrogen-bond acceptors (Lipinski definition) is 4. The highest BCUT2D eigenvalue weighted by atomic mass is 35.5. The fourth-order valence-corrected chi connectivity index (χ4v) is 2.16. The molecule has 2 rings (SSSR count). The van der Waals surface area contributed by atoms with Crippen LogP contribution in [0.5, 0.6) is 0 Å². The van der Waals surface area contributed by atoms with Crippen LogP contribution in [0.25, 0.3) is 0 Å². The van der Waals surface area contributed by atoms with E-state index in [0.29, 0.717) is 6.42 Å². The van der Waals surface area contributed by atoms with Gasteiger partial charge in [-0.15, -0.1) is 10.2 Å². The van der Waals surface area contributed by atoms with Gasteiger partial charge in [-0.1, -0.05) is 53.5 Å². The molecule has 110 valence electrons. The third kappa shape index (κ3) is 4.39. The molecule has 0 aliphatic rings. The summed E-state index contributed by atoms with van der Waals surface area (Å²) in [4.78, 5) is 12.1. The van der Waals surface area contributed by atoms with Gasteiger partial charge in [0.2, 0.25) is 0 Å². The minimum absolute atomic E-state index is 0.0340. The van der Waals surface area contributed by atoms with Crippen LogP contribution in [-0.2, 0) is 6.42 Å². The number of nitrogens with zero attached hydrogens (tertiary/aromatic N) is 2. The topological polar surface area (TPSA) is 75.1 Å². The lowest BCUT2D eigenvalue weighted by atomic mass is 10.1. The Hall–Kier alpha value is -1.69. The van der Waals surface area contributed by atoms with E-state index in [0.717, 1.165) is 5.56 Å². The zero-order valence-corrected chi connectivity index (χ0v) is 12.5. The molecule has 1 atom stereocenters. The molecular formula is C14H13Cl2N3O2. The molecule has 0 saturated heterocycles. The molecule has 0 bridgehead atoms. The summed E-state index contributed by atoms with van der Waals surface area (Å²) in [6, 6.07) is 10.5. The summed E-state index contributed by atoms with van der Waals surface area (Å²) in [7, 11) is 0. The molecule has 0 radical (unpaired) electrons. The first kappa shape index (κ1) is 15.7. The molecule has 5 nitrogen and oxygen atoms in total. The molecule has 0 saturated carbocycles. The van der Waals surface area contributed by atoms with Gasteiger partial charge in [0.05, 0.1) is 18.2 Å². The number of amides is 1. The van der Waals surface area contributed by atoms with Crippen molar-refractivity contribution in [2.45, 2.75) is 12.5 Å². The monoisotopic (exact) mass is 325 g/mol. The number of carbonyl (C=O) groups is 1. The van der Waals surface area contributed by atoms with Gasteiger partial charge in [0.15, 0.2) is 10.3 Å². The fraction of sp³-hybridized carbons (Fsp3) is 0.214. The maximum Gasteiger partial charge on any atom is 0.254 e. The van der Waals surface area contributed by atoms with Gasteiger partial charge >= 0.3 is 0 Å². The molecule has 1 aromatic heterocycles. The van der Waals surface area contributed by atoms with Crippen LogP contribution < -0.4 is 5.32 Å². The summed E-state index contributed by atoms with van der Waals surface area (Å²) in [6.07, 6.45) is 0.507. The lowest BCUT2D eigenvalue weighted by Gasteiger charge is -2.16. The Morgan fingerprint density at radius 3 is 2.62 bits per heavy atom. The van der Waals surface area contributed by atoms with Crippen molar-refractivity contribution in [3.8, 4) is 0 Å². The van der Waals surface area contributed by atoms with Crippen molar-refractivity contribution in [1.82, 2.24) is 15.5 Å². The number of benzene rings is 1. The van der Waals surface area contributed by atoms with Crippen molar-refractivity contribution in [2.24, 2.45) is 0 Å². The Kier molecular flexibility index (Phi) is 5.50. The number of aliphatic hydroxyl groups is 1. The molecule has 1 heterocycles. The van der Waals surface area contributed by atoms with Gasteiger partial charge in [-0.05, 0) is 18.1 Å². The first-order valence-corrected chi connectivity index (χ1v) is 7.00. The molecule has 0 fully saturated rings. The Morgan fingerprint density at radius 1 is 1.24 bits per heavy atom. The van der Waals surface area contributed by atoms with Gasteiger partial charge in [0.1, 0.15) is 0 Å². The van der Waals surface area contributed by atoms with E-state index in [4.69, 9.17) is 23.2 Å². The zero-order chi connectivity index (χ0) is 15.2. The quantitative estimate of drug-likeness (QED) is 0.882. The van der Waals surface area contributed by atoms with Crippen LogP contribution in [0.4, 0.5) is 0 Å². The van der Waals surface area contributed by atoms with Crippen LogP contribution >= 0.6 is 23.2 Å². The van der Waals surface area contributed by atoms with Crippen molar-refractivity contribution in [3.63, 3.8) is 0 Å². The third-order valence-corrected chi connectivity index (χ3v) is 3.31. The Bertz CT molecular complexity index is 623. The molecule has 2 aromatic rings. The standard InChI is InChI=1S/C14H13Cl2N3O2/c15-12-7-11(13(16)19-18-12)14(21)17-10(8-20)6-9-4-2-1-3-5-9/h1-5,7,10,20H,6,8H2,(H,17,21)/t10-/m1/s1. The molecule has 7 heteroatoms. The first-order valence-electron chi connectivity index (χ1n) is 6.24. The summed E-state index contributed by atoms with van der Waals surface area (Å²) in [6.45, 7) is -0.190. The second-order valence-electron chi connectivity index (χ2n) is 4.41. The molecular weight excluding hydrogens is 313 g/mol. The van der Waals surface area contributed by atoms with Gasteiger partial charge in [-0.25, -0.2) is 0 Å². The molecule has 1 aromatic carbocycles. The van der Waals surface area contributed by atoms with Gasteiger partial charge < -0.3 is 10.4 Å². The van der Waals surface area contributed by atoms with Crippen LogP contribution in [0.15, 0.2) is 36.4 Å². The average molecular weight is 326 g/mol. The van der Waals surface area contributed by atoms with Gasteiger partial charge in [-0.2, -0.15) is 0 Å². The number of nitrogens with one attached hydrogen (secondary N) is 1. The number of hydrogen-bond donors (Lipinski definition) is 2. The molecule has 0 aliphatic heterocycles. The second-order valence-corrected chi connectivity index (χ2v) is 5.16. The highest BCUT2D eigenvalue weighted by molar-refractivity contribution is 6.34. The Balaban J connectivity index is 2.07. The van der Waals surface area contributed by atoms with Crippen LogP contribution in [0, 0.1) is 0 Å². The summed E-state index contributed by atoms with van der Waals surface area (Å²) in [5.74, 6) is -0.452. The average Bonchev–Trinajstić information content (AvgIpc) is 2.50. The predicted molar refractivity (Wildman–Crippen MR) is 80.5 cm³/mol. The fourth-order valence-electron chi connectivity index (χ4n) is 1.84. The Morgan fingerprint density at radius 2 is 1.95 bits per heavy atom. The number of rotatable bonds is 5. The summed E-state index contributed by atoms with van der Waals surface area (Å²) in [5.41, 5.74) is 1.14. The van der Waals surface area contributed by atoms with E-state index < -0.39 is 11.9 Å². The van der Waals surface area contributed by atoms with Crippen molar-refractivity contribution in [1.29, 1.82) is 0 Å². The zero-order valence-electron chi connectivity index (χ0n) is 11.0. The van der Waals surface area contributed by atoms with Crippen LogP contribution in [0.1, 0.15) is 15.9 Å². The van der Waals surface area contributed by atoms with E-state index >= 15 is 0 Å². The number of aliphatic hydroxyl groups excluding tert-OH is 1. The summed E-state index contributed by atoms with van der Waals surface area (Å²) < 4.78 is 0. The van der Waals surface area contributed by atoms with Crippen molar-refractivity contribution >= 4 is 29.1 Å². The van der Waals surface area contributed by atoms with Crippen LogP contribution in [0.2, 0.25) is 10.3 Å². The largest absolute Gasteiger partial charge is 0.394 e. The third-order valence-electron chi connectivity index (χ3n) is 2.84. The van der Waals surface area contributed by atoms with Gasteiger partial charge in [0, 0.05) is 0 Å². The molecule has 2 N–H and O–H groups in total. The maximum atomic E-state index is 12.1. The number of halogens is 2. The minimum atomic E-state index is -0.452. The first-order chi connectivity index (χ1) is 10.1. The highest BCUT2D eigenvalue weighted by Crippen LogP contribution is 2.15. The van der Waals surface area contributed by atoms with Crippen molar-refractivity contribution < 1.29 is 9.90 Å². The highest BCUT2D eigenvalue weighted by Gasteiger charge is 2.17. The molecule has 0 aliphatic carbocycles. The summed E-state index contributed by atoms with van der Waals surface area (Å²) in [5, 5.41) is 19.3. The Labute approximate surface area is 131 Å². The smallest absolute Gasteiger partial charge is 0.254 e. The van der Waals surface area contributed by atoms with E-state index in [1.807, 2.05) is 30.3 Å². The number of aromatic nitrogens is 2. The molecule has 0 unspecified atom stereocenters. The van der Waals surface area contributed by atoms with E-state index in [1.165, 1.54) is 6.07 Å². The van der Waals surface area contributed by atoms with Gasteiger partial charge in [-0.3, -0.25) is 4.79 Å². The lowest BCUT2D eigenvalue weighted by molar-refractivity contribution is 0.0916. The number of carbonyl (C=O) groups excluding carboxylic acids is 1. The molecule has 0 spiro atoms. The van der Waals surface area contributed by atoms with E-state index in [1.54, 1.807) is 0 Å². The lowest BCUT2D eigenvalue weighted by Crippen LogP contribution is -2.39. The van der Waals surface area contributed by atoms with Gasteiger partial charge in [0.25, 0.3) is 5.91 Å². The van der Waals surface area contributed by atoms with Crippen LogP contribution in [0.3, 0.4) is 0 Å². The van der Waals surface area contributed by atoms with Crippen LogP contribution in [-0.4, -0.2) is 33.9 Å². The van der Waals surface area contributed by atoms with Crippen molar-refractivity contribution in [3.05, 3.63) is 57.8 Å². The SMILES string of the molecule is O=C(N[C@@H](CO)Cc1ccccc1)c1cc(Cl)nnc1Cl. The normalized spacial score (nSPS) is 12.0. The molecule has 1 amide bonds. The van der Waals surface area contributed by atoms with E-state index in [9.17, 15) is 9.90 Å².